The summed E-state index contributed by atoms with van der Waals surface area (Å²) in [6.07, 6.45) is 6.67. The molecule has 2 aliphatic rings. The van der Waals surface area contributed by atoms with Crippen molar-refractivity contribution in [2.75, 3.05) is 39.3 Å². The zero-order valence-corrected chi connectivity index (χ0v) is 16.2. The van der Waals surface area contributed by atoms with Crippen molar-refractivity contribution < 1.29 is 14.3 Å². The Morgan fingerprint density at radius 3 is 2.69 bits per heavy atom. The van der Waals surface area contributed by atoms with Gasteiger partial charge in [0.2, 0.25) is 0 Å². The number of hydrogen-bond donors (Lipinski definition) is 0. The maximum Gasteiger partial charge on any atom is 0.410 e. The Morgan fingerprint density at radius 1 is 1.27 bits per heavy atom. The summed E-state index contributed by atoms with van der Waals surface area (Å²) in [6, 6.07) is 3.97. The van der Waals surface area contributed by atoms with E-state index in [0.29, 0.717) is 19.7 Å². The fourth-order valence-corrected chi connectivity index (χ4v) is 3.71. The molecule has 0 bridgehead atoms. The van der Waals surface area contributed by atoms with Crippen molar-refractivity contribution >= 4 is 6.09 Å². The Bertz CT molecular complexity index is 596. The third-order valence-electron chi connectivity index (χ3n) is 5.06. The van der Waals surface area contributed by atoms with E-state index < -0.39 is 11.2 Å². The molecule has 0 saturated carbocycles. The number of nitrogens with zero attached hydrogens (tertiary/aromatic N) is 3. The molecule has 6 nitrogen and oxygen atoms in total. The Kier molecular flexibility index (Phi) is 5.82. The molecule has 1 aromatic rings. The van der Waals surface area contributed by atoms with Gasteiger partial charge in [0, 0.05) is 37.5 Å². The van der Waals surface area contributed by atoms with Gasteiger partial charge in [0.25, 0.3) is 0 Å². The quantitative estimate of drug-likeness (QED) is 0.807. The summed E-state index contributed by atoms with van der Waals surface area (Å²) in [7, 11) is 0. The van der Waals surface area contributed by atoms with Gasteiger partial charge in [-0.3, -0.25) is 4.98 Å². The zero-order chi connectivity index (χ0) is 18.6. The van der Waals surface area contributed by atoms with Crippen molar-refractivity contribution in [3.05, 3.63) is 30.1 Å². The van der Waals surface area contributed by atoms with E-state index >= 15 is 0 Å². The van der Waals surface area contributed by atoms with Crippen molar-refractivity contribution in [3.8, 4) is 0 Å². The molecule has 1 aromatic heterocycles. The SMILES string of the molecule is CC(C)(C)OC(=O)N1CCC(OCCN2CCCC2)(c2cccnc2)C1. The second-order valence-electron chi connectivity index (χ2n) is 8.29. The molecule has 1 unspecified atom stereocenters. The number of pyridine rings is 1. The molecular weight excluding hydrogens is 330 g/mol. The van der Waals surface area contributed by atoms with Crippen LogP contribution in [0.5, 0.6) is 0 Å². The molecule has 0 N–H and O–H groups in total. The Hall–Kier alpha value is -1.66. The third kappa shape index (κ3) is 4.74. The fraction of sp³-hybridized carbons (Fsp3) is 0.700. The number of aromatic nitrogens is 1. The van der Waals surface area contributed by atoms with E-state index in [2.05, 4.69) is 9.88 Å². The van der Waals surface area contributed by atoms with Crippen molar-refractivity contribution in [1.82, 2.24) is 14.8 Å². The van der Waals surface area contributed by atoms with Gasteiger partial charge in [-0.05, 0) is 52.8 Å². The molecule has 144 valence electrons. The molecule has 6 heteroatoms. The molecule has 1 atom stereocenters. The van der Waals surface area contributed by atoms with Gasteiger partial charge >= 0.3 is 6.09 Å². The van der Waals surface area contributed by atoms with Crippen molar-refractivity contribution in [2.24, 2.45) is 0 Å². The van der Waals surface area contributed by atoms with Crippen LogP contribution in [-0.4, -0.2) is 65.8 Å². The third-order valence-corrected chi connectivity index (χ3v) is 5.06. The highest BCUT2D eigenvalue weighted by atomic mass is 16.6. The maximum atomic E-state index is 12.5. The number of likely N-dealkylation sites (tertiary alicyclic amines) is 2. The van der Waals surface area contributed by atoms with Crippen molar-refractivity contribution in [2.45, 2.75) is 51.2 Å². The van der Waals surface area contributed by atoms with E-state index in [-0.39, 0.29) is 6.09 Å². The lowest BCUT2D eigenvalue weighted by atomic mass is 9.94. The van der Waals surface area contributed by atoms with Gasteiger partial charge < -0.3 is 19.3 Å². The number of amides is 1. The van der Waals surface area contributed by atoms with E-state index in [1.54, 1.807) is 11.1 Å². The van der Waals surface area contributed by atoms with Crippen LogP contribution in [-0.2, 0) is 15.1 Å². The molecule has 1 amide bonds. The smallest absolute Gasteiger partial charge is 0.410 e. The first kappa shape index (κ1) is 19.1. The second kappa shape index (κ2) is 7.92. The topological polar surface area (TPSA) is 54.9 Å². The molecule has 0 radical (unpaired) electrons. The van der Waals surface area contributed by atoms with Gasteiger partial charge in [-0.15, -0.1) is 0 Å². The molecule has 3 rings (SSSR count). The van der Waals surface area contributed by atoms with Crippen LogP contribution in [0.1, 0.15) is 45.6 Å². The molecule has 2 aliphatic heterocycles. The fourth-order valence-electron chi connectivity index (χ4n) is 3.71. The predicted molar refractivity (Wildman–Crippen MR) is 100.0 cm³/mol. The van der Waals surface area contributed by atoms with Crippen molar-refractivity contribution in [1.29, 1.82) is 0 Å². The summed E-state index contributed by atoms with van der Waals surface area (Å²) in [5.74, 6) is 0. The van der Waals surface area contributed by atoms with E-state index in [4.69, 9.17) is 9.47 Å². The minimum atomic E-state index is -0.495. The van der Waals surface area contributed by atoms with Gasteiger partial charge in [0.05, 0.1) is 13.2 Å². The van der Waals surface area contributed by atoms with Crippen LogP contribution in [0.25, 0.3) is 0 Å². The maximum absolute atomic E-state index is 12.5. The Labute approximate surface area is 156 Å². The largest absolute Gasteiger partial charge is 0.444 e. The van der Waals surface area contributed by atoms with Gasteiger partial charge in [0.15, 0.2) is 0 Å². The van der Waals surface area contributed by atoms with Gasteiger partial charge in [-0.25, -0.2) is 4.79 Å². The van der Waals surface area contributed by atoms with Gasteiger partial charge in [-0.1, -0.05) is 6.07 Å². The number of rotatable bonds is 5. The second-order valence-corrected chi connectivity index (χ2v) is 8.29. The van der Waals surface area contributed by atoms with Crippen LogP contribution >= 0.6 is 0 Å². The summed E-state index contributed by atoms with van der Waals surface area (Å²) in [5.41, 5.74) is 0.0467. The zero-order valence-electron chi connectivity index (χ0n) is 16.2. The van der Waals surface area contributed by atoms with Crippen LogP contribution in [0.4, 0.5) is 4.79 Å². The molecule has 0 spiro atoms. The highest BCUT2D eigenvalue weighted by Gasteiger charge is 2.43. The normalized spacial score (nSPS) is 24.2. The Morgan fingerprint density at radius 2 is 2.04 bits per heavy atom. The average Bonchev–Trinajstić information content (AvgIpc) is 3.25. The van der Waals surface area contributed by atoms with Crippen molar-refractivity contribution in [3.63, 3.8) is 0 Å². The van der Waals surface area contributed by atoms with Crippen LogP contribution in [0.15, 0.2) is 24.5 Å². The molecule has 0 aromatic carbocycles. The van der Waals surface area contributed by atoms with Crippen LogP contribution in [0.3, 0.4) is 0 Å². The van der Waals surface area contributed by atoms with E-state index in [1.165, 1.54) is 12.8 Å². The van der Waals surface area contributed by atoms with Crippen LogP contribution in [0, 0.1) is 0 Å². The first-order valence-electron chi connectivity index (χ1n) is 9.63. The molecule has 26 heavy (non-hydrogen) atoms. The number of hydrogen-bond acceptors (Lipinski definition) is 5. The summed E-state index contributed by atoms with van der Waals surface area (Å²) < 4.78 is 12.0. The first-order chi connectivity index (χ1) is 12.4. The highest BCUT2D eigenvalue weighted by molar-refractivity contribution is 5.68. The minimum Gasteiger partial charge on any atom is -0.444 e. The number of carbonyl (C=O) groups excluding carboxylic acids is 1. The predicted octanol–water partition coefficient (Wildman–Crippen LogP) is 3.03. The Balaban J connectivity index is 1.67. The molecule has 3 heterocycles. The van der Waals surface area contributed by atoms with Gasteiger partial charge in [0.1, 0.15) is 11.2 Å². The molecular formula is C20H31N3O3. The van der Waals surface area contributed by atoms with Crippen LogP contribution < -0.4 is 0 Å². The summed E-state index contributed by atoms with van der Waals surface area (Å²) in [6.45, 7) is 10.7. The van der Waals surface area contributed by atoms with E-state index in [9.17, 15) is 4.79 Å². The highest BCUT2D eigenvalue weighted by Crippen LogP contribution is 2.36. The first-order valence-corrected chi connectivity index (χ1v) is 9.63. The lowest BCUT2D eigenvalue weighted by molar-refractivity contribution is -0.0503. The van der Waals surface area contributed by atoms with Crippen LogP contribution in [0.2, 0.25) is 0 Å². The average molecular weight is 361 g/mol. The number of ether oxygens (including phenoxy) is 2. The summed E-state index contributed by atoms with van der Waals surface area (Å²) in [4.78, 5) is 21.0. The minimum absolute atomic E-state index is 0.272. The lowest BCUT2D eigenvalue weighted by Gasteiger charge is -2.31. The van der Waals surface area contributed by atoms with Gasteiger partial charge in [-0.2, -0.15) is 0 Å². The number of carbonyl (C=O) groups is 1. The monoisotopic (exact) mass is 361 g/mol. The van der Waals surface area contributed by atoms with E-state index in [0.717, 1.165) is 31.6 Å². The summed E-state index contributed by atoms with van der Waals surface area (Å²) in [5, 5.41) is 0. The standard InChI is InChI=1S/C20H31N3O3/c1-19(2,3)26-18(24)23-12-8-20(16-23,17-7-6-9-21-15-17)25-14-13-22-10-4-5-11-22/h6-7,9,15H,4-5,8,10-14,16H2,1-3H3. The summed E-state index contributed by atoms with van der Waals surface area (Å²) >= 11 is 0. The molecule has 2 fully saturated rings. The van der Waals surface area contributed by atoms with E-state index in [1.807, 2.05) is 39.1 Å². The lowest BCUT2D eigenvalue weighted by Crippen LogP contribution is -2.40. The molecule has 0 aliphatic carbocycles. The molecule has 2 saturated heterocycles.